The highest BCUT2D eigenvalue weighted by Crippen LogP contribution is 2.40. The molecule has 0 radical (unpaired) electrons. The van der Waals surface area contributed by atoms with Crippen LogP contribution < -0.4 is 0 Å². The Kier molecular flexibility index (Phi) is 5.35. The Morgan fingerprint density at radius 3 is 2.55 bits per heavy atom. The van der Waals surface area contributed by atoms with Gasteiger partial charge in [0.25, 0.3) is 0 Å². The van der Waals surface area contributed by atoms with Gasteiger partial charge in [0.2, 0.25) is 9.05 Å². The average Bonchev–Trinajstić information content (AvgIpc) is 2.75. The van der Waals surface area contributed by atoms with E-state index in [2.05, 4.69) is 0 Å². The Bertz CT molecular complexity index is 551. The Hall–Kier alpha value is -0.290. The summed E-state index contributed by atoms with van der Waals surface area (Å²) in [7, 11) is 1.92. The van der Waals surface area contributed by atoms with Gasteiger partial charge >= 0.3 is 0 Å². The number of benzene rings is 1. The van der Waals surface area contributed by atoms with Gasteiger partial charge in [0.15, 0.2) is 0 Å². The van der Waals surface area contributed by atoms with E-state index in [-0.39, 0.29) is 11.2 Å². The van der Waals surface area contributed by atoms with Crippen LogP contribution in [0.1, 0.15) is 31.2 Å². The Balaban J connectivity index is 1.93. The summed E-state index contributed by atoms with van der Waals surface area (Å²) >= 11 is 5.91. The van der Waals surface area contributed by atoms with Gasteiger partial charge in [0, 0.05) is 21.1 Å². The first kappa shape index (κ1) is 16.1. The molecule has 0 heterocycles. The van der Waals surface area contributed by atoms with Crippen LogP contribution in [0.15, 0.2) is 24.3 Å². The first-order valence-electron chi connectivity index (χ1n) is 6.63. The summed E-state index contributed by atoms with van der Waals surface area (Å²) in [5, 5.41) is 0.671. The standard InChI is InChI=1S/C14H18Cl2O3S/c15-13-5-3-4-12(8-13)9-19-10-14(6-1-2-7-14)11-20(16,17)18/h3-5,8H,1-2,6-7,9-11H2. The predicted octanol–water partition coefficient (Wildman–Crippen LogP) is 3.99. The molecule has 1 aliphatic rings. The molecule has 1 aromatic rings. The molecule has 0 aliphatic heterocycles. The van der Waals surface area contributed by atoms with Crippen LogP contribution in [-0.4, -0.2) is 20.8 Å². The van der Waals surface area contributed by atoms with E-state index >= 15 is 0 Å². The molecule has 0 saturated heterocycles. The molecule has 1 aliphatic carbocycles. The van der Waals surface area contributed by atoms with Crippen molar-refractivity contribution in [3.05, 3.63) is 34.9 Å². The van der Waals surface area contributed by atoms with Gasteiger partial charge in [0.05, 0.1) is 19.0 Å². The lowest BCUT2D eigenvalue weighted by Crippen LogP contribution is -2.30. The van der Waals surface area contributed by atoms with E-state index in [0.29, 0.717) is 18.2 Å². The van der Waals surface area contributed by atoms with Crippen molar-refractivity contribution in [1.82, 2.24) is 0 Å². The monoisotopic (exact) mass is 336 g/mol. The summed E-state index contributed by atoms with van der Waals surface area (Å²) in [6.45, 7) is 0.857. The van der Waals surface area contributed by atoms with E-state index in [1.54, 1.807) is 0 Å². The van der Waals surface area contributed by atoms with E-state index in [0.717, 1.165) is 31.2 Å². The predicted molar refractivity (Wildman–Crippen MR) is 81.6 cm³/mol. The number of ether oxygens (including phenoxy) is 1. The van der Waals surface area contributed by atoms with Gasteiger partial charge in [-0.2, -0.15) is 0 Å². The van der Waals surface area contributed by atoms with Crippen LogP contribution in [0.2, 0.25) is 5.02 Å². The lowest BCUT2D eigenvalue weighted by molar-refractivity contribution is 0.0474. The molecule has 3 nitrogen and oxygen atoms in total. The lowest BCUT2D eigenvalue weighted by Gasteiger charge is -2.27. The summed E-state index contributed by atoms with van der Waals surface area (Å²) in [4.78, 5) is 0. The van der Waals surface area contributed by atoms with Crippen molar-refractivity contribution < 1.29 is 13.2 Å². The van der Waals surface area contributed by atoms with Gasteiger partial charge in [-0.3, -0.25) is 0 Å². The van der Waals surface area contributed by atoms with E-state index in [1.807, 2.05) is 24.3 Å². The second-order valence-corrected chi connectivity index (χ2v) is 8.73. The van der Waals surface area contributed by atoms with Crippen molar-refractivity contribution in [1.29, 1.82) is 0 Å². The molecular weight excluding hydrogens is 319 g/mol. The van der Waals surface area contributed by atoms with Crippen molar-refractivity contribution in [3.8, 4) is 0 Å². The molecule has 2 rings (SSSR count). The smallest absolute Gasteiger partial charge is 0.233 e. The van der Waals surface area contributed by atoms with Crippen LogP contribution in [0.3, 0.4) is 0 Å². The largest absolute Gasteiger partial charge is 0.376 e. The quantitative estimate of drug-likeness (QED) is 0.738. The molecule has 0 amide bonds. The molecular formula is C14H18Cl2O3S. The van der Waals surface area contributed by atoms with Crippen molar-refractivity contribution in [2.45, 2.75) is 32.3 Å². The third-order valence-electron chi connectivity index (χ3n) is 3.71. The average molecular weight is 337 g/mol. The fourth-order valence-electron chi connectivity index (χ4n) is 2.83. The van der Waals surface area contributed by atoms with Gasteiger partial charge in [-0.1, -0.05) is 36.6 Å². The third kappa shape index (κ3) is 4.92. The van der Waals surface area contributed by atoms with E-state index in [9.17, 15) is 8.42 Å². The Morgan fingerprint density at radius 2 is 1.95 bits per heavy atom. The topological polar surface area (TPSA) is 43.4 Å². The van der Waals surface area contributed by atoms with E-state index < -0.39 is 9.05 Å². The first-order chi connectivity index (χ1) is 9.39. The highest BCUT2D eigenvalue weighted by Gasteiger charge is 2.38. The molecule has 112 valence electrons. The van der Waals surface area contributed by atoms with Crippen LogP contribution >= 0.6 is 22.3 Å². The number of rotatable bonds is 6. The Labute approximate surface area is 129 Å². The van der Waals surface area contributed by atoms with E-state index in [1.165, 1.54) is 0 Å². The van der Waals surface area contributed by atoms with Crippen molar-refractivity contribution in [2.24, 2.45) is 5.41 Å². The van der Waals surface area contributed by atoms with Crippen molar-refractivity contribution in [2.75, 3.05) is 12.4 Å². The second-order valence-electron chi connectivity index (χ2n) is 5.51. The molecule has 20 heavy (non-hydrogen) atoms. The summed E-state index contributed by atoms with van der Waals surface area (Å²) in [6, 6.07) is 7.46. The summed E-state index contributed by atoms with van der Waals surface area (Å²) in [5.41, 5.74) is 0.665. The molecule has 1 saturated carbocycles. The fourth-order valence-corrected chi connectivity index (χ4v) is 4.84. The lowest BCUT2D eigenvalue weighted by atomic mass is 9.90. The van der Waals surface area contributed by atoms with Gasteiger partial charge in [-0.15, -0.1) is 0 Å². The molecule has 0 unspecified atom stereocenters. The number of hydrogen-bond donors (Lipinski definition) is 0. The normalized spacial score (nSPS) is 18.3. The van der Waals surface area contributed by atoms with Gasteiger partial charge in [-0.25, -0.2) is 8.42 Å². The maximum Gasteiger partial charge on any atom is 0.233 e. The van der Waals surface area contributed by atoms with Crippen LogP contribution in [0, 0.1) is 5.41 Å². The SMILES string of the molecule is O=S(=O)(Cl)CC1(COCc2cccc(Cl)c2)CCCC1. The highest BCUT2D eigenvalue weighted by atomic mass is 35.7. The number of halogens is 2. The number of hydrogen-bond acceptors (Lipinski definition) is 3. The molecule has 1 fully saturated rings. The van der Waals surface area contributed by atoms with E-state index in [4.69, 9.17) is 27.0 Å². The maximum absolute atomic E-state index is 11.4. The zero-order valence-electron chi connectivity index (χ0n) is 11.1. The second kappa shape index (κ2) is 6.65. The summed E-state index contributed by atoms with van der Waals surface area (Å²) < 4.78 is 28.5. The molecule has 1 aromatic carbocycles. The third-order valence-corrected chi connectivity index (χ3v) is 5.23. The maximum atomic E-state index is 11.4. The van der Waals surface area contributed by atoms with Gasteiger partial charge in [-0.05, 0) is 30.5 Å². The van der Waals surface area contributed by atoms with Crippen LogP contribution in [0.5, 0.6) is 0 Å². The minimum atomic E-state index is -3.50. The van der Waals surface area contributed by atoms with Crippen LogP contribution in [0.25, 0.3) is 0 Å². The first-order valence-corrected chi connectivity index (χ1v) is 9.49. The molecule has 0 aromatic heterocycles. The van der Waals surface area contributed by atoms with Crippen molar-refractivity contribution in [3.63, 3.8) is 0 Å². The van der Waals surface area contributed by atoms with Gasteiger partial charge in [0.1, 0.15) is 0 Å². The van der Waals surface area contributed by atoms with Crippen LogP contribution in [0.4, 0.5) is 0 Å². The molecule has 6 heteroatoms. The molecule has 0 N–H and O–H groups in total. The minimum absolute atomic E-state index is 0.00288. The fraction of sp³-hybridized carbons (Fsp3) is 0.571. The zero-order valence-corrected chi connectivity index (χ0v) is 13.5. The summed E-state index contributed by atoms with van der Waals surface area (Å²) in [6.07, 6.45) is 3.78. The zero-order chi connectivity index (χ0) is 14.6. The molecule has 0 spiro atoms. The van der Waals surface area contributed by atoms with Gasteiger partial charge < -0.3 is 4.74 Å². The molecule has 0 bridgehead atoms. The minimum Gasteiger partial charge on any atom is -0.376 e. The van der Waals surface area contributed by atoms with Crippen LogP contribution in [-0.2, 0) is 20.4 Å². The van der Waals surface area contributed by atoms with Crippen molar-refractivity contribution >= 4 is 31.3 Å². The Morgan fingerprint density at radius 1 is 1.25 bits per heavy atom. The highest BCUT2D eigenvalue weighted by molar-refractivity contribution is 8.13. The summed E-state index contributed by atoms with van der Waals surface area (Å²) in [5.74, 6) is -0.00288. The molecule has 0 atom stereocenters.